The number of hydrogen-bond acceptors (Lipinski definition) is 4. The molecule has 0 aromatic carbocycles. The summed E-state index contributed by atoms with van der Waals surface area (Å²) >= 11 is 0. The molecular weight excluding hydrogens is 278 g/mol. The van der Waals surface area contributed by atoms with Gasteiger partial charge in [-0.2, -0.15) is 0 Å². The number of aryl methyl sites for hydroxylation is 1. The van der Waals surface area contributed by atoms with Crippen LogP contribution >= 0.6 is 0 Å². The molecule has 0 radical (unpaired) electrons. The van der Waals surface area contributed by atoms with E-state index in [0.29, 0.717) is 12.3 Å². The Morgan fingerprint density at radius 2 is 2.18 bits per heavy atom. The Morgan fingerprint density at radius 3 is 2.82 bits per heavy atom. The molecule has 0 spiro atoms. The van der Waals surface area contributed by atoms with E-state index in [-0.39, 0.29) is 11.9 Å². The standard InChI is InChI=1S/C17H21N3O2/c1-13-10-16(22-19-13)17(21)20(15-7-3-2-4-8-15)12-14-6-5-9-18-11-14/h5-6,9-11,15H,2-4,7-8,12H2,1H3. The second-order valence-corrected chi connectivity index (χ2v) is 5.92. The van der Waals surface area contributed by atoms with Crippen LogP contribution in [0, 0.1) is 6.92 Å². The normalized spacial score (nSPS) is 15.7. The molecule has 22 heavy (non-hydrogen) atoms. The maximum absolute atomic E-state index is 12.8. The number of rotatable bonds is 4. The molecule has 3 rings (SSSR count). The first-order chi connectivity index (χ1) is 10.7. The van der Waals surface area contributed by atoms with E-state index in [1.807, 2.05) is 30.2 Å². The van der Waals surface area contributed by atoms with Crippen LogP contribution in [0.1, 0.15) is 53.9 Å². The Hall–Kier alpha value is -2.17. The van der Waals surface area contributed by atoms with Gasteiger partial charge in [0.2, 0.25) is 5.76 Å². The summed E-state index contributed by atoms with van der Waals surface area (Å²) in [5, 5.41) is 3.84. The van der Waals surface area contributed by atoms with Gasteiger partial charge in [0, 0.05) is 31.0 Å². The number of carbonyl (C=O) groups excluding carboxylic acids is 1. The third-order valence-electron chi connectivity index (χ3n) is 4.19. The van der Waals surface area contributed by atoms with E-state index >= 15 is 0 Å². The summed E-state index contributed by atoms with van der Waals surface area (Å²) in [5.74, 6) is 0.253. The largest absolute Gasteiger partial charge is 0.351 e. The van der Waals surface area contributed by atoms with Crippen LogP contribution in [0.25, 0.3) is 0 Å². The van der Waals surface area contributed by atoms with Gasteiger partial charge in [0.05, 0.1) is 5.69 Å². The average molecular weight is 299 g/mol. The maximum atomic E-state index is 12.8. The number of nitrogens with zero attached hydrogens (tertiary/aromatic N) is 3. The summed E-state index contributed by atoms with van der Waals surface area (Å²) in [4.78, 5) is 18.9. The highest BCUT2D eigenvalue weighted by molar-refractivity contribution is 5.91. The van der Waals surface area contributed by atoms with Gasteiger partial charge in [-0.15, -0.1) is 0 Å². The monoisotopic (exact) mass is 299 g/mol. The molecule has 0 atom stereocenters. The van der Waals surface area contributed by atoms with E-state index in [2.05, 4.69) is 10.1 Å². The lowest BCUT2D eigenvalue weighted by Gasteiger charge is -2.33. The smallest absolute Gasteiger partial charge is 0.293 e. The molecule has 5 nitrogen and oxygen atoms in total. The van der Waals surface area contributed by atoms with Crippen molar-refractivity contribution in [1.29, 1.82) is 0 Å². The fourth-order valence-electron chi connectivity index (χ4n) is 3.05. The minimum atomic E-state index is -0.0728. The van der Waals surface area contributed by atoms with Crippen LogP contribution in [-0.2, 0) is 6.54 Å². The van der Waals surface area contributed by atoms with Crippen LogP contribution in [0.5, 0.6) is 0 Å². The first kappa shape index (κ1) is 14.8. The van der Waals surface area contributed by atoms with Crippen molar-refractivity contribution in [2.45, 2.75) is 51.6 Å². The van der Waals surface area contributed by atoms with Crippen LogP contribution in [0.2, 0.25) is 0 Å². The van der Waals surface area contributed by atoms with Crippen molar-refractivity contribution in [2.24, 2.45) is 0 Å². The highest BCUT2D eigenvalue weighted by atomic mass is 16.5. The fraction of sp³-hybridized carbons (Fsp3) is 0.471. The molecule has 1 saturated carbocycles. The second kappa shape index (κ2) is 6.73. The molecule has 116 valence electrons. The van der Waals surface area contributed by atoms with Crippen LogP contribution in [0.4, 0.5) is 0 Å². The van der Waals surface area contributed by atoms with Crippen molar-refractivity contribution in [3.05, 3.63) is 47.6 Å². The summed E-state index contributed by atoms with van der Waals surface area (Å²) in [7, 11) is 0. The van der Waals surface area contributed by atoms with Crippen molar-refractivity contribution in [3.8, 4) is 0 Å². The fourth-order valence-corrected chi connectivity index (χ4v) is 3.05. The van der Waals surface area contributed by atoms with Crippen molar-refractivity contribution < 1.29 is 9.32 Å². The molecule has 0 saturated heterocycles. The number of aromatic nitrogens is 2. The van der Waals surface area contributed by atoms with Crippen LogP contribution in [-0.4, -0.2) is 27.0 Å². The van der Waals surface area contributed by atoms with Crippen molar-refractivity contribution in [1.82, 2.24) is 15.0 Å². The topological polar surface area (TPSA) is 59.2 Å². The highest BCUT2D eigenvalue weighted by Crippen LogP contribution is 2.25. The molecule has 1 fully saturated rings. The van der Waals surface area contributed by atoms with E-state index < -0.39 is 0 Å². The lowest BCUT2D eigenvalue weighted by molar-refractivity contribution is 0.0572. The molecule has 2 aromatic rings. The van der Waals surface area contributed by atoms with Gasteiger partial charge in [-0.05, 0) is 31.4 Å². The van der Waals surface area contributed by atoms with E-state index in [0.717, 1.165) is 24.1 Å². The molecule has 1 amide bonds. The summed E-state index contributed by atoms with van der Waals surface area (Å²) in [6.07, 6.45) is 9.28. The molecule has 1 aliphatic rings. The summed E-state index contributed by atoms with van der Waals surface area (Å²) in [6, 6.07) is 5.88. The molecule has 1 aliphatic carbocycles. The Kier molecular flexibility index (Phi) is 4.51. The first-order valence-electron chi connectivity index (χ1n) is 7.87. The van der Waals surface area contributed by atoms with Gasteiger partial charge in [-0.1, -0.05) is 30.5 Å². The zero-order chi connectivity index (χ0) is 15.4. The van der Waals surface area contributed by atoms with Crippen molar-refractivity contribution in [3.63, 3.8) is 0 Å². The lowest BCUT2D eigenvalue weighted by atomic mass is 9.93. The average Bonchev–Trinajstić information content (AvgIpc) is 3.00. The van der Waals surface area contributed by atoms with Gasteiger partial charge in [0.15, 0.2) is 0 Å². The highest BCUT2D eigenvalue weighted by Gasteiger charge is 2.28. The van der Waals surface area contributed by atoms with Crippen LogP contribution in [0.15, 0.2) is 35.1 Å². The van der Waals surface area contributed by atoms with Gasteiger partial charge in [-0.3, -0.25) is 9.78 Å². The molecule has 2 aromatic heterocycles. The van der Waals surface area contributed by atoms with Gasteiger partial charge in [0.25, 0.3) is 5.91 Å². The number of hydrogen-bond donors (Lipinski definition) is 0. The van der Waals surface area contributed by atoms with Gasteiger partial charge in [0.1, 0.15) is 0 Å². The van der Waals surface area contributed by atoms with Gasteiger partial charge in [-0.25, -0.2) is 0 Å². The first-order valence-corrected chi connectivity index (χ1v) is 7.87. The minimum Gasteiger partial charge on any atom is -0.351 e. The third kappa shape index (κ3) is 3.35. The Bertz CT molecular complexity index is 618. The quantitative estimate of drug-likeness (QED) is 0.868. The van der Waals surface area contributed by atoms with Gasteiger partial charge < -0.3 is 9.42 Å². The van der Waals surface area contributed by atoms with Crippen LogP contribution < -0.4 is 0 Å². The van der Waals surface area contributed by atoms with Gasteiger partial charge >= 0.3 is 0 Å². The predicted molar refractivity (Wildman–Crippen MR) is 82.2 cm³/mol. The zero-order valence-corrected chi connectivity index (χ0v) is 12.9. The van der Waals surface area contributed by atoms with E-state index in [1.54, 1.807) is 12.3 Å². The summed E-state index contributed by atoms with van der Waals surface area (Å²) < 4.78 is 5.18. The number of amides is 1. The minimum absolute atomic E-state index is 0.0728. The molecular formula is C17H21N3O2. The van der Waals surface area contributed by atoms with Crippen molar-refractivity contribution in [2.75, 3.05) is 0 Å². The Labute approximate surface area is 130 Å². The van der Waals surface area contributed by atoms with Crippen molar-refractivity contribution >= 4 is 5.91 Å². The molecule has 0 aliphatic heterocycles. The zero-order valence-electron chi connectivity index (χ0n) is 12.9. The Balaban J connectivity index is 1.83. The molecule has 0 N–H and O–H groups in total. The summed E-state index contributed by atoms with van der Waals surface area (Å²) in [5.41, 5.74) is 1.77. The van der Waals surface area contributed by atoms with E-state index in [4.69, 9.17) is 4.52 Å². The molecule has 5 heteroatoms. The summed E-state index contributed by atoms with van der Waals surface area (Å²) in [6.45, 7) is 2.39. The Morgan fingerprint density at radius 1 is 1.36 bits per heavy atom. The van der Waals surface area contributed by atoms with Crippen LogP contribution in [0.3, 0.4) is 0 Å². The third-order valence-corrected chi connectivity index (χ3v) is 4.19. The predicted octanol–water partition coefficient (Wildman–Crippen LogP) is 3.35. The number of carbonyl (C=O) groups is 1. The number of pyridine rings is 1. The SMILES string of the molecule is Cc1cc(C(=O)N(Cc2cccnc2)C2CCCCC2)on1. The van der Waals surface area contributed by atoms with E-state index in [1.165, 1.54) is 19.3 Å². The van der Waals surface area contributed by atoms with E-state index in [9.17, 15) is 4.79 Å². The molecule has 2 heterocycles. The molecule has 0 unspecified atom stereocenters. The molecule has 0 bridgehead atoms. The lowest BCUT2D eigenvalue weighted by Crippen LogP contribution is -2.40. The second-order valence-electron chi connectivity index (χ2n) is 5.92. The maximum Gasteiger partial charge on any atom is 0.293 e.